The number of benzene rings is 1. The molecular weight excluding hydrogens is 421 g/mol. The zero-order chi connectivity index (χ0) is 16.1. The molecule has 9 heteroatoms. The maximum atomic E-state index is 11.1. The minimum Gasteiger partial charge on any atom is -0.506 e. The summed E-state index contributed by atoms with van der Waals surface area (Å²) in [5.41, 5.74) is 0.660. The van der Waals surface area contributed by atoms with Gasteiger partial charge in [-0.1, -0.05) is 19.8 Å². The number of nitrogens with zero attached hydrogens (tertiary/aromatic N) is 2. The number of rotatable bonds is 6. The first-order chi connectivity index (χ1) is 10.5. The highest BCUT2D eigenvalue weighted by molar-refractivity contribution is 9.10. The summed E-state index contributed by atoms with van der Waals surface area (Å²) in [5.74, 6) is 0.116. The predicted octanol–water partition coefficient (Wildman–Crippen LogP) is 4.04. The van der Waals surface area contributed by atoms with E-state index in [1.54, 1.807) is 0 Å². The number of phenolic OH excluding ortho intramolecular Hbond substituents is 1. The molecule has 0 unspecified atom stereocenters. The molecule has 138 valence electrons. The molecule has 0 aliphatic carbocycles. The van der Waals surface area contributed by atoms with Crippen molar-refractivity contribution in [3.05, 3.63) is 32.3 Å². The van der Waals surface area contributed by atoms with E-state index in [9.17, 15) is 15.2 Å². The van der Waals surface area contributed by atoms with E-state index >= 15 is 0 Å². The second-order valence-electron chi connectivity index (χ2n) is 5.57. The molecule has 0 saturated carbocycles. The van der Waals surface area contributed by atoms with Crippen LogP contribution in [0.15, 0.2) is 16.6 Å². The first-order valence-corrected chi connectivity index (χ1v) is 8.45. The van der Waals surface area contributed by atoms with E-state index in [0.29, 0.717) is 10.0 Å². The third-order valence-corrected chi connectivity index (χ3v) is 4.68. The summed E-state index contributed by atoms with van der Waals surface area (Å²) in [7, 11) is 0. The molecule has 24 heavy (non-hydrogen) atoms. The van der Waals surface area contributed by atoms with Crippen LogP contribution in [0.4, 0.5) is 5.69 Å². The van der Waals surface area contributed by atoms with E-state index in [2.05, 4.69) is 33.1 Å². The van der Waals surface area contributed by atoms with Crippen molar-refractivity contribution in [3.63, 3.8) is 0 Å². The molecule has 0 spiro atoms. The summed E-state index contributed by atoms with van der Waals surface area (Å²) in [5, 5.41) is 24.8. The van der Waals surface area contributed by atoms with E-state index in [1.165, 1.54) is 12.1 Å². The summed E-state index contributed by atoms with van der Waals surface area (Å²) in [6.07, 6.45) is 2.96. The molecular formula is C15H24BrCl2N3O3. The van der Waals surface area contributed by atoms with Gasteiger partial charge in [-0.15, -0.1) is 24.8 Å². The minimum atomic E-state index is -0.414. The summed E-state index contributed by atoms with van der Waals surface area (Å²) in [6, 6.07) is 2.88. The van der Waals surface area contributed by atoms with Crippen molar-refractivity contribution in [2.24, 2.45) is 0 Å². The van der Waals surface area contributed by atoms with Crippen molar-refractivity contribution >= 4 is 46.4 Å². The number of nitro groups is 1. The van der Waals surface area contributed by atoms with Crippen molar-refractivity contribution in [2.45, 2.75) is 32.2 Å². The Balaban J connectivity index is 0.00000264. The summed E-state index contributed by atoms with van der Waals surface area (Å²) in [4.78, 5) is 13.0. The molecule has 1 saturated heterocycles. The van der Waals surface area contributed by atoms with Gasteiger partial charge in [0.15, 0.2) is 0 Å². The Morgan fingerprint density at radius 1 is 1.38 bits per heavy atom. The van der Waals surface area contributed by atoms with Crippen LogP contribution < -0.4 is 5.32 Å². The van der Waals surface area contributed by atoms with E-state index in [0.717, 1.165) is 45.4 Å². The molecule has 1 aliphatic heterocycles. The zero-order valence-corrected chi connectivity index (χ0v) is 16.8. The van der Waals surface area contributed by atoms with Gasteiger partial charge in [-0.25, -0.2) is 0 Å². The summed E-state index contributed by atoms with van der Waals surface area (Å²) in [6.45, 7) is 5.69. The maximum Gasteiger partial charge on any atom is 0.271 e. The maximum absolute atomic E-state index is 11.1. The van der Waals surface area contributed by atoms with Crippen molar-refractivity contribution in [2.75, 3.05) is 26.2 Å². The largest absolute Gasteiger partial charge is 0.506 e. The van der Waals surface area contributed by atoms with Crippen LogP contribution in [0.3, 0.4) is 0 Å². The van der Waals surface area contributed by atoms with Gasteiger partial charge in [-0.05, 0) is 22.4 Å². The second kappa shape index (κ2) is 11.1. The van der Waals surface area contributed by atoms with Crippen molar-refractivity contribution in [3.8, 4) is 5.75 Å². The lowest BCUT2D eigenvalue weighted by Crippen LogP contribution is -2.45. The number of nitrogens with one attached hydrogen (secondary N) is 1. The van der Waals surface area contributed by atoms with Crippen LogP contribution >= 0.6 is 40.7 Å². The Morgan fingerprint density at radius 2 is 2.00 bits per heavy atom. The quantitative estimate of drug-likeness (QED) is 0.511. The first-order valence-electron chi connectivity index (χ1n) is 7.66. The fourth-order valence-corrected chi connectivity index (χ4v) is 3.35. The molecule has 1 atom stereocenters. The molecule has 1 aromatic rings. The summed E-state index contributed by atoms with van der Waals surface area (Å²) >= 11 is 3.24. The van der Waals surface area contributed by atoms with Crippen LogP contribution in [0.5, 0.6) is 5.75 Å². The summed E-state index contributed by atoms with van der Waals surface area (Å²) < 4.78 is 0.383. The number of unbranched alkanes of at least 4 members (excludes halogenated alkanes) is 1. The highest BCUT2D eigenvalue weighted by Gasteiger charge is 2.27. The van der Waals surface area contributed by atoms with Gasteiger partial charge in [-0.2, -0.15) is 0 Å². The van der Waals surface area contributed by atoms with Gasteiger partial charge in [-0.3, -0.25) is 15.0 Å². The SMILES string of the molecule is CCCC[C@H](c1cc([N+](=O)[O-])cc(Br)c1O)N1CCNCC1.Cl.Cl. The molecule has 1 aromatic carbocycles. The monoisotopic (exact) mass is 443 g/mol. The fraction of sp³-hybridized carbons (Fsp3) is 0.600. The molecule has 6 nitrogen and oxygen atoms in total. The molecule has 0 aromatic heterocycles. The van der Waals surface area contributed by atoms with Gasteiger partial charge < -0.3 is 10.4 Å². The zero-order valence-electron chi connectivity index (χ0n) is 13.5. The number of halogens is 3. The Kier molecular flexibility index (Phi) is 10.8. The van der Waals surface area contributed by atoms with Crippen molar-refractivity contribution < 1.29 is 10.0 Å². The van der Waals surface area contributed by atoms with Crippen LogP contribution in [-0.4, -0.2) is 41.1 Å². The minimum absolute atomic E-state index is 0. The lowest BCUT2D eigenvalue weighted by Gasteiger charge is -2.35. The molecule has 1 aliphatic rings. The van der Waals surface area contributed by atoms with Crippen LogP contribution in [0.25, 0.3) is 0 Å². The van der Waals surface area contributed by atoms with Crippen molar-refractivity contribution in [1.82, 2.24) is 10.2 Å². The van der Waals surface area contributed by atoms with E-state index in [-0.39, 0.29) is 42.3 Å². The lowest BCUT2D eigenvalue weighted by atomic mass is 9.97. The fourth-order valence-electron chi connectivity index (χ4n) is 2.89. The molecule has 2 rings (SSSR count). The first kappa shape index (κ1) is 23.4. The standard InChI is InChI=1S/C15H22BrN3O3.2ClH/c1-2-3-4-14(18-7-5-17-6-8-18)12-9-11(19(21)22)10-13(16)15(12)20;;/h9-10,14,17,20H,2-8H2,1H3;2*1H/t14-;;/m1../s1. The third kappa shape index (κ3) is 5.74. The highest BCUT2D eigenvalue weighted by atomic mass is 79.9. The number of hydrogen-bond donors (Lipinski definition) is 2. The van der Waals surface area contributed by atoms with Gasteiger partial charge in [0.2, 0.25) is 0 Å². The van der Waals surface area contributed by atoms with Crippen LogP contribution in [0.2, 0.25) is 0 Å². The number of nitro benzene ring substituents is 1. The Bertz CT molecular complexity index is 543. The Morgan fingerprint density at radius 3 is 2.54 bits per heavy atom. The number of hydrogen-bond acceptors (Lipinski definition) is 5. The normalized spacial score (nSPS) is 15.9. The van der Waals surface area contributed by atoms with Crippen LogP contribution in [0, 0.1) is 10.1 Å². The van der Waals surface area contributed by atoms with Crippen LogP contribution in [0.1, 0.15) is 37.8 Å². The molecule has 0 radical (unpaired) electrons. The molecule has 1 heterocycles. The van der Waals surface area contributed by atoms with Gasteiger partial charge in [0.1, 0.15) is 5.75 Å². The van der Waals surface area contributed by atoms with Gasteiger partial charge in [0.25, 0.3) is 5.69 Å². The van der Waals surface area contributed by atoms with Crippen LogP contribution in [-0.2, 0) is 0 Å². The number of non-ortho nitro benzene ring substituents is 1. The van der Waals surface area contributed by atoms with E-state index < -0.39 is 4.92 Å². The second-order valence-corrected chi connectivity index (χ2v) is 6.42. The van der Waals surface area contributed by atoms with E-state index in [4.69, 9.17) is 0 Å². The number of phenols is 1. The smallest absolute Gasteiger partial charge is 0.271 e. The highest BCUT2D eigenvalue weighted by Crippen LogP contribution is 2.40. The average Bonchev–Trinajstić information content (AvgIpc) is 2.52. The Hall–Kier alpha value is -0.600. The van der Waals surface area contributed by atoms with Gasteiger partial charge in [0, 0.05) is 49.9 Å². The lowest BCUT2D eigenvalue weighted by molar-refractivity contribution is -0.385. The molecule has 1 fully saturated rings. The third-order valence-electron chi connectivity index (χ3n) is 4.07. The van der Waals surface area contributed by atoms with Gasteiger partial charge >= 0.3 is 0 Å². The molecule has 0 bridgehead atoms. The average molecular weight is 445 g/mol. The predicted molar refractivity (Wildman–Crippen MR) is 104 cm³/mol. The molecule has 2 N–H and O–H groups in total. The number of piperazine rings is 1. The Labute approximate surface area is 163 Å². The molecule has 0 amide bonds. The van der Waals surface area contributed by atoms with Crippen molar-refractivity contribution in [1.29, 1.82) is 0 Å². The van der Waals surface area contributed by atoms with Gasteiger partial charge in [0.05, 0.1) is 9.40 Å². The van der Waals surface area contributed by atoms with E-state index in [1.807, 2.05) is 0 Å². The topological polar surface area (TPSA) is 78.6 Å². The number of aromatic hydroxyl groups is 1.